The lowest BCUT2D eigenvalue weighted by Crippen LogP contribution is -1.97. The first-order valence-electron chi connectivity index (χ1n) is 3.98. The Morgan fingerprint density at radius 1 is 1.43 bits per heavy atom. The number of carbonyl (C=O) groups is 2. The molecule has 0 amide bonds. The van der Waals surface area contributed by atoms with E-state index in [0.717, 1.165) is 6.08 Å². The summed E-state index contributed by atoms with van der Waals surface area (Å²) >= 11 is 0. The van der Waals surface area contributed by atoms with Crippen LogP contribution in [0.1, 0.15) is 23.1 Å². The number of rotatable bonds is 3. The van der Waals surface area contributed by atoms with Crippen molar-refractivity contribution in [3.8, 4) is 0 Å². The van der Waals surface area contributed by atoms with Crippen molar-refractivity contribution in [2.45, 2.75) is 6.92 Å². The summed E-state index contributed by atoms with van der Waals surface area (Å²) in [6.07, 6.45) is 2.32. The highest BCUT2D eigenvalue weighted by Gasteiger charge is 2.00. The number of hydrogen-bond acceptors (Lipinski definition) is 3. The Hall–Kier alpha value is -1.97. The molecule has 0 aliphatic carbocycles. The number of Topliss-reactive ketones (excluding diaryl/α,β-unsaturated/α-hetero) is 1. The smallest absolute Gasteiger partial charge is 0.328 e. The van der Waals surface area contributed by atoms with Crippen LogP contribution in [0.5, 0.6) is 0 Å². The maximum absolute atomic E-state index is 10.9. The lowest BCUT2D eigenvalue weighted by molar-refractivity contribution is -0.131. The topological polar surface area (TPSA) is 67.3 Å². The van der Waals surface area contributed by atoms with Crippen molar-refractivity contribution in [1.82, 2.24) is 4.98 Å². The minimum Gasteiger partial charge on any atom is -0.478 e. The average Bonchev–Trinajstić information content (AvgIpc) is 2.15. The number of aromatic nitrogens is 1. The minimum absolute atomic E-state index is 0.143. The lowest BCUT2D eigenvalue weighted by Gasteiger charge is -1.95. The van der Waals surface area contributed by atoms with Gasteiger partial charge >= 0.3 is 5.97 Å². The Bertz CT molecular complexity index is 396. The molecule has 0 aliphatic heterocycles. The van der Waals surface area contributed by atoms with Crippen molar-refractivity contribution < 1.29 is 14.7 Å². The van der Waals surface area contributed by atoms with Crippen LogP contribution in [0.25, 0.3) is 6.08 Å². The molecule has 0 atom stereocenters. The van der Waals surface area contributed by atoms with Crippen LogP contribution in [0.3, 0.4) is 0 Å². The lowest BCUT2D eigenvalue weighted by atomic mass is 10.2. The predicted molar refractivity (Wildman–Crippen MR) is 50.9 cm³/mol. The Kier molecular flexibility index (Phi) is 3.12. The fraction of sp³-hybridized carbons (Fsp3) is 0.100. The zero-order chi connectivity index (χ0) is 10.6. The van der Waals surface area contributed by atoms with Gasteiger partial charge in [-0.15, -0.1) is 0 Å². The molecule has 1 aromatic heterocycles. The molecule has 1 rings (SSSR count). The number of carboxylic acids is 1. The Balaban J connectivity index is 2.94. The van der Waals surface area contributed by atoms with Crippen LogP contribution in [0.4, 0.5) is 0 Å². The van der Waals surface area contributed by atoms with E-state index in [1.165, 1.54) is 13.0 Å². The van der Waals surface area contributed by atoms with Gasteiger partial charge in [0.2, 0.25) is 0 Å². The molecule has 1 N–H and O–H groups in total. The molecule has 4 heteroatoms. The molecule has 1 aromatic rings. The normalized spacial score (nSPS) is 10.4. The molecule has 14 heavy (non-hydrogen) atoms. The van der Waals surface area contributed by atoms with Crippen molar-refractivity contribution in [3.05, 3.63) is 35.7 Å². The molecule has 72 valence electrons. The van der Waals surface area contributed by atoms with Gasteiger partial charge in [-0.05, 0) is 18.2 Å². The van der Waals surface area contributed by atoms with E-state index in [9.17, 15) is 9.59 Å². The maximum Gasteiger partial charge on any atom is 0.328 e. The summed E-state index contributed by atoms with van der Waals surface area (Å²) < 4.78 is 0. The standard InChI is InChI=1S/C10H9NO3/c1-7(12)9-4-2-3-8(11-9)5-6-10(13)14/h2-6H,1H3,(H,13,14). The van der Waals surface area contributed by atoms with Gasteiger partial charge in [0, 0.05) is 13.0 Å². The SMILES string of the molecule is CC(=O)c1cccc(C=CC(=O)O)n1. The van der Waals surface area contributed by atoms with E-state index in [1.54, 1.807) is 18.2 Å². The fourth-order valence-electron chi connectivity index (χ4n) is 0.897. The summed E-state index contributed by atoms with van der Waals surface area (Å²) in [4.78, 5) is 25.1. The van der Waals surface area contributed by atoms with E-state index >= 15 is 0 Å². The third kappa shape index (κ3) is 2.82. The first kappa shape index (κ1) is 10.1. The van der Waals surface area contributed by atoms with Gasteiger partial charge in [0.05, 0.1) is 5.69 Å². The third-order valence-electron chi connectivity index (χ3n) is 1.53. The second kappa shape index (κ2) is 4.32. The van der Waals surface area contributed by atoms with Gasteiger partial charge in [0.15, 0.2) is 5.78 Å². The Morgan fingerprint density at radius 3 is 2.71 bits per heavy atom. The molecule has 0 bridgehead atoms. The van der Waals surface area contributed by atoms with Crippen molar-refractivity contribution in [3.63, 3.8) is 0 Å². The summed E-state index contributed by atoms with van der Waals surface area (Å²) in [5.41, 5.74) is 0.789. The van der Waals surface area contributed by atoms with Gasteiger partial charge in [-0.3, -0.25) is 4.79 Å². The summed E-state index contributed by atoms with van der Waals surface area (Å²) in [5, 5.41) is 8.37. The van der Waals surface area contributed by atoms with Crippen LogP contribution in [-0.4, -0.2) is 21.8 Å². The number of carboxylic acid groups (broad SMARTS) is 1. The molecule has 0 saturated carbocycles. The highest BCUT2D eigenvalue weighted by atomic mass is 16.4. The fourth-order valence-corrected chi connectivity index (χ4v) is 0.897. The molecular weight excluding hydrogens is 182 g/mol. The summed E-state index contributed by atoms with van der Waals surface area (Å²) in [5.74, 6) is -1.18. The molecule has 0 fully saturated rings. The number of pyridine rings is 1. The molecule has 0 unspecified atom stereocenters. The Morgan fingerprint density at radius 2 is 2.14 bits per heavy atom. The van der Waals surface area contributed by atoms with E-state index in [4.69, 9.17) is 5.11 Å². The van der Waals surface area contributed by atoms with Crippen molar-refractivity contribution in [1.29, 1.82) is 0 Å². The van der Waals surface area contributed by atoms with Gasteiger partial charge in [-0.1, -0.05) is 6.07 Å². The van der Waals surface area contributed by atoms with Crippen LogP contribution >= 0.6 is 0 Å². The van der Waals surface area contributed by atoms with E-state index < -0.39 is 5.97 Å². The maximum atomic E-state index is 10.9. The molecular formula is C10H9NO3. The molecule has 0 aromatic carbocycles. The van der Waals surface area contributed by atoms with E-state index in [2.05, 4.69) is 4.98 Å². The summed E-state index contributed by atoms with van der Waals surface area (Å²) in [7, 11) is 0. The van der Waals surface area contributed by atoms with Gasteiger partial charge in [0.1, 0.15) is 5.69 Å². The largest absolute Gasteiger partial charge is 0.478 e. The van der Waals surface area contributed by atoms with Gasteiger partial charge in [0.25, 0.3) is 0 Å². The molecule has 0 spiro atoms. The second-order valence-electron chi connectivity index (χ2n) is 2.68. The molecule has 1 heterocycles. The zero-order valence-corrected chi connectivity index (χ0v) is 7.60. The third-order valence-corrected chi connectivity index (χ3v) is 1.53. The van der Waals surface area contributed by atoms with Crippen molar-refractivity contribution in [2.75, 3.05) is 0 Å². The number of hydrogen-bond donors (Lipinski definition) is 1. The van der Waals surface area contributed by atoms with E-state index in [0.29, 0.717) is 11.4 Å². The van der Waals surface area contributed by atoms with Crippen LogP contribution < -0.4 is 0 Å². The first-order valence-corrected chi connectivity index (χ1v) is 3.98. The van der Waals surface area contributed by atoms with Crippen LogP contribution in [0, 0.1) is 0 Å². The van der Waals surface area contributed by atoms with Gasteiger partial charge in [-0.25, -0.2) is 9.78 Å². The predicted octanol–water partition coefficient (Wildman–Crippen LogP) is 1.38. The summed E-state index contributed by atoms with van der Waals surface area (Å²) in [6, 6.07) is 4.87. The summed E-state index contributed by atoms with van der Waals surface area (Å²) in [6.45, 7) is 1.41. The van der Waals surface area contributed by atoms with Crippen LogP contribution in [0.2, 0.25) is 0 Å². The highest BCUT2D eigenvalue weighted by Crippen LogP contribution is 2.02. The first-order chi connectivity index (χ1) is 6.59. The minimum atomic E-state index is -1.04. The second-order valence-corrected chi connectivity index (χ2v) is 2.68. The molecule has 0 radical (unpaired) electrons. The molecule has 0 aliphatic rings. The monoisotopic (exact) mass is 191 g/mol. The number of ketones is 1. The highest BCUT2D eigenvalue weighted by molar-refractivity contribution is 5.92. The van der Waals surface area contributed by atoms with Gasteiger partial charge < -0.3 is 5.11 Å². The van der Waals surface area contributed by atoms with Crippen molar-refractivity contribution in [2.24, 2.45) is 0 Å². The molecule has 0 saturated heterocycles. The van der Waals surface area contributed by atoms with Crippen LogP contribution in [0.15, 0.2) is 24.3 Å². The zero-order valence-electron chi connectivity index (χ0n) is 7.60. The van der Waals surface area contributed by atoms with E-state index in [-0.39, 0.29) is 5.78 Å². The van der Waals surface area contributed by atoms with Crippen molar-refractivity contribution >= 4 is 17.8 Å². The van der Waals surface area contributed by atoms with Gasteiger partial charge in [-0.2, -0.15) is 0 Å². The number of carbonyl (C=O) groups excluding carboxylic acids is 1. The number of nitrogens with zero attached hydrogens (tertiary/aromatic N) is 1. The number of aliphatic carboxylic acids is 1. The Labute approximate surface area is 80.9 Å². The molecule has 4 nitrogen and oxygen atoms in total. The van der Waals surface area contributed by atoms with Crippen LogP contribution in [-0.2, 0) is 4.79 Å². The quantitative estimate of drug-likeness (QED) is 0.579. The van der Waals surface area contributed by atoms with E-state index in [1.807, 2.05) is 0 Å². The average molecular weight is 191 g/mol.